The van der Waals surface area contributed by atoms with Crippen molar-refractivity contribution in [3.63, 3.8) is 0 Å². The Kier molecular flexibility index (Phi) is 6.88. The molecule has 0 aromatic heterocycles. The fourth-order valence-corrected chi connectivity index (χ4v) is 3.52. The predicted molar refractivity (Wildman–Crippen MR) is 101 cm³/mol. The zero-order valence-electron chi connectivity index (χ0n) is 15.5. The molecule has 0 aliphatic carbocycles. The summed E-state index contributed by atoms with van der Waals surface area (Å²) >= 11 is 0. The lowest BCUT2D eigenvalue weighted by molar-refractivity contribution is 0.318. The highest BCUT2D eigenvalue weighted by Crippen LogP contribution is 2.29. The highest BCUT2D eigenvalue weighted by molar-refractivity contribution is 7.89. The Balaban J connectivity index is 1.99. The monoisotopic (exact) mass is 379 g/mol. The molecule has 142 valence electrons. The quantitative estimate of drug-likeness (QED) is 0.678. The number of ether oxygens (including phenoxy) is 3. The average Bonchev–Trinajstić information content (AvgIpc) is 2.64. The molecule has 0 radical (unpaired) electrons. The summed E-state index contributed by atoms with van der Waals surface area (Å²) < 4.78 is 43.4. The first-order chi connectivity index (χ1) is 12.4. The van der Waals surface area contributed by atoms with Crippen LogP contribution in [0.5, 0.6) is 17.2 Å². The van der Waals surface area contributed by atoms with Crippen molar-refractivity contribution < 1.29 is 22.6 Å². The van der Waals surface area contributed by atoms with Crippen molar-refractivity contribution in [3.05, 3.63) is 48.0 Å². The van der Waals surface area contributed by atoms with E-state index in [2.05, 4.69) is 18.6 Å². The predicted octanol–water partition coefficient (Wildman–Crippen LogP) is 3.18. The largest absolute Gasteiger partial charge is 0.493 e. The van der Waals surface area contributed by atoms with Crippen molar-refractivity contribution in [1.82, 2.24) is 4.72 Å². The molecule has 6 nitrogen and oxygen atoms in total. The molecule has 0 atom stereocenters. The highest BCUT2D eigenvalue weighted by atomic mass is 32.2. The van der Waals surface area contributed by atoms with Gasteiger partial charge in [0.15, 0.2) is 11.5 Å². The zero-order valence-corrected chi connectivity index (χ0v) is 16.3. The van der Waals surface area contributed by atoms with Crippen molar-refractivity contribution in [2.45, 2.75) is 24.7 Å². The van der Waals surface area contributed by atoms with Crippen LogP contribution in [-0.2, 0) is 10.0 Å². The van der Waals surface area contributed by atoms with E-state index in [1.807, 2.05) is 24.3 Å². The molecule has 2 aromatic rings. The Morgan fingerprint density at radius 2 is 1.65 bits per heavy atom. The van der Waals surface area contributed by atoms with E-state index >= 15 is 0 Å². The average molecular weight is 379 g/mol. The van der Waals surface area contributed by atoms with Gasteiger partial charge in [-0.05, 0) is 29.7 Å². The third-order valence-electron chi connectivity index (χ3n) is 3.86. The molecular formula is C19H25NO5S. The molecule has 0 spiro atoms. The minimum Gasteiger partial charge on any atom is -0.493 e. The number of sulfonamides is 1. The SMILES string of the molecule is COc1ccc(S(=O)(=O)NCCOc2ccccc2C(C)C)cc1OC. The summed E-state index contributed by atoms with van der Waals surface area (Å²) in [4.78, 5) is 0.109. The zero-order chi connectivity index (χ0) is 19.2. The Labute approximate surface area is 155 Å². The van der Waals surface area contributed by atoms with Gasteiger partial charge in [-0.2, -0.15) is 0 Å². The normalized spacial score (nSPS) is 11.4. The topological polar surface area (TPSA) is 73.9 Å². The molecule has 0 unspecified atom stereocenters. The molecular weight excluding hydrogens is 354 g/mol. The van der Waals surface area contributed by atoms with Gasteiger partial charge in [-0.25, -0.2) is 13.1 Å². The van der Waals surface area contributed by atoms with Crippen LogP contribution in [-0.4, -0.2) is 35.8 Å². The second kappa shape index (κ2) is 8.91. The van der Waals surface area contributed by atoms with E-state index < -0.39 is 10.0 Å². The van der Waals surface area contributed by atoms with E-state index in [0.717, 1.165) is 11.3 Å². The fraction of sp³-hybridized carbons (Fsp3) is 0.368. The number of benzene rings is 2. The van der Waals surface area contributed by atoms with Gasteiger partial charge in [0.25, 0.3) is 0 Å². The van der Waals surface area contributed by atoms with Gasteiger partial charge in [0.1, 0.15) is 12.4 Å². The smallest absolute Gasteiger partial charge is 0.240 e. The van der Waals surface area contributed by atoms with Crippen LogP contribution in [0, 0.1) is 0 Å². The fourth-order valence-electron chi connectivity index (χ4n) is 2.49. The number of hydrogen-bond donors (Lipinski definition) is 1. The van der Waals surface area contributed by atoms with Gasteiger partial charge < -0.3 is 14.2 Å². The van der Waals surface area contributed by atoms with Gasteiger partial charge in [0, 0.05) is 12.6 Å². The van der Waals surface area contributed by atoms with Crippen LogP contribution in [0.1, 0.15) is 25.3 Å². The number of rotatable bonds is 9. The second-order valence-corrected chi connectivity index (χ2v) is 7.72. The van der Waals surface area contributed by atoms with Crippen LogP contribution in [0.15, 0.2) is 47.4 Å². The van der Waals surface area contributed by atoms with Gasteiger partial charge in [0.05, 0.1) is 19.1 Å². The van der Waals surface area contributed by atoms with Crippen LogP contribution >= 0.6 is 0 Å². The maximum Gasteiger partial charge on any atom is 0.240 e. The number of para-hydroxylation sites is 1. The summed E-state index contributed by atoms with van der Waals surface area (Å²) in [5, 5.41) is 0. The Hall–Kier alpha value is -2.25. The van der Waals surface area contributed by atoms with Gasteiger partial charge in [-0.15, -0.1) is 0 Å². The summed E-state index contributed by atoms with van der Waals surface area (Å²) in [6.45, 7) is 4.56. The molecule has 26 heavy (non-hydrogen) atoms. The first kappa shape index (κ1) is 20.1. The Morgan fingerprint density at radius 1 is 0.962 bits per heavy atom. The van der Waals surface area contributed by atoms with E-state index in [4.69, 9.17) is 14.2 Å². The molecule has 0 amide bonds. The summed E-state index contributed by atoms with van der Waals surface area (Å²) in [6.07, 6.45) is 0. The third-order valence-corrected chi connectivity index (χ3v) is 5.32. The van der Waals surface area contributed by atoms with Crippen LogP contribution in [0.25, 0.3) is 0 Å². The van der Waals surface area contributed by atoms with Crippen molar-refractivity contribution in [2.24, 2.45) is 0 Å². The molecule has 2 aromatic carbocycles. The Bertz CT molecular complexity index is 834. The standard InChI is InChI=1S/C19H25NO5S/c1-14(2)16-7-5-6-8-17(16)25-12-11-20-26(21,22)15-9-10-18(23-3)19(13-15)24-4/h5-10,13-14,20H,11-12H2,1-4H3. The van der Waals surface area contributed by atoms with Gasteiger partial charge in [-0.1, -0.05) is 32.0 Å². The third kappa shape index (κ3) is 4.89. The van der Waals surface area contributed by atoms with Gasteiger partial charge in [0.2, 0.25) is 10.0 Å². The van der Waals surface area contributed by atoms with E-state index in [1.165, 1.54) is 26.4 Å². The Morgan fingerprint density at radius 3 is 2.31 bits per heavy atom. The summed E-state index contributed by atoms with van der Waals surface area (Å²) in [6, 6.07) is 12.2. The lowest BCUT2D eigenvalue weighted by Gasteiger charge is -2.14. The molecule has 1 N–H and O–H groups in total. The van der Waals surface area contributed by atoms with Crippen LogP contribution < -0.4 is 18.9 Å². The van der Waals surface area contributed by atoms with Crippen molar-refractivity contribution in [1.29, 1.82) is 0 Å². The summed E-state index contributed by atoms with van der Waals surface area (Å²) in [5.41, 5.74) is 1.09. The van der Waals surface area contributed by atoms with E-state index in [1.54, 1.807) is 6.07 Å². The van der Waals surface area contributed by atoms with Crippen LogP contribution in [0.3, 0.4) is 0 Å². The van der Waals surface area contributed by atoms with Crippen LogP contribution in [0.4, 0.5) is 0 Å². The number of nitrogens with one attached hydrogen (secondary N) is 1. The van der Waals surface area contributed by atoms with E-state index in [0.29, 0.717) is 17.4 Å². The maximum atomic E-state index is 12.4. The van der Waals surface area contributed by atoms with Crippen LogP contribution in [0.2, 0.25) is 0 Å². The minimum atomic E-state index is -3.66. The lowest BCUT2D eigenvalue weighted by Crippen LogP contribution is -2.28. The lowest BCUT2D eigenvalue weighted by atomic mass is 10.0. The molecule has 0 bridgehead atoms. The molecule has 0 aliphatic heterocycles. The minimum absolute atomic E-state index is 0.109. The van der Waals surface area contributed by atoms with E-state index in [-0.39, 0.29) is 18.0 Å². The van der Waals surface area contributed by atoms with Crippen molar-refractivity contribution >= 4 is 10.0 Å². The number of hydrogen-bond acceptors (Lipinski definition) is 5. The van der Waals surface area contributed by atoms with Gasteiger partial charge in [-0.3, -0.25) is 0 Å². The first-order valence-electron chi connectivity index (χ1n) is 8.32. The molecule has 0 aliphatic rings. The van der Waals surface area contributed by atoms with Crippen molar-refractivity contribution in [2.75, 3.05) is 27.4 Å². The number of methoxy groups -OCH3 is 2. The second-order valence-electron chi connectivity index (χ2n) is 5.96. The summed E-state index contributed by atoms with van der Waals surface area (Å²) in [5.74, 6) is 1.93. The van der Waals surface area contributed by atoms with Gasteiger partial charge >= 0.3 is 0 Å². The maximum absolute atomic E-state index is 12.4. The highest BCUT2D eigenvalue weighted by Gasteiger charge is 2.17. The molecule has 0 fully saturated rings. The first-order valence-corrected chi connectivity index (χ1v) is 9.80. The van der Waals surface area contributed by atoms with Crippen molar-refractivity contribution in [3.8, 4) is 17.2 Å². The van der Waals surface area contributed by atoms with E-state index in [9.17, 15) is 8.42 Å². The molecule has 0 heterocycles. The summed E-state index contributed by atoms with van der Waals surface area (Å²) in [7, 11) is -0.708. The molecule has 7 heteroatoms. The molecule has 2 rings (SSSR count). The molecule has 0 saturated heterocycles. The molecule has 0 saturated carbocycles.